The molecule has 0 aliphatic carbocycles. The lowest BCUT2D eigenvalue weighted by Gasteiger charge is -2.03. The molecule has 0 N–H and O–H groups in total. The summed E-state index contributed by atoms with van der Waals surface area (Å²) in [6, 6.07) is 0. The molecule has 0 atom stereocenters. The summed E-state index contributed by atoms with van der Waals surface area (Å²) < 4.78 is 4.83. The van der Waals surface area contributed by atoms with E-state index in [-0.39, 0.29) is 5.97 Å². The van der Waals surface area contributed by atoms with Crippen LogP contribution in [0, 0.1) is 0 Å². The average Bonchev–Trinajstić information content (AvgIpc) is 2.23. The molecule has 0 aromatic heterocycles. The SMILES string of the molecule is CCCCN=C(CCl)CCC(=O)OCC. The van der Waals surface area contributed by atoms with E-state index in [1.54, 1.807) is 6.92 Å². The van der Waals surface area contributed by atoms with E-state index in [9.17, 15) is 4.79 Å². The summed E-state index contributed by atoms with van der Waals surface area (Å²) in [7, 11) is 0. The third-order valence-corrected chi connectivity index (χ3v) is 2.23. The molecule has 4 heteroatoms. The predicted octanol–water partition coefficient (Wildman–Crippen LogP) is 2.81. The summed E-state index contributed by atoms with van der Waals surface area (Å²) in [6.07, 6.45) is 3.19. The van der Waals surface area contributed by atoms with Crippen LogP contribution in [0.25, 0.3) is 0 Å². The van der Waals surface area contributed by atoms with Gasteiger partial charge in [0.05, 0.1) is 18.9 Å². The van der Waals surface area contributed by atoms with Gasteiger partial charge in [-0.1, -0.05) is 13.3 Å². The highest BCUT2D eigenvalue weighted by atomic mass is 35.5. The molecule has 0 amide bonds. The number of aliphatic imine (C=N–C) groups is 1. The van der Waals surface area contributed by atoms with Crippen LogP contribution in [-0.2, 0) is 9.53 Å². The quantitative estimate of drug-likeness (QED) is 0.280. The Balaban J connectivity index is 3.78. The highest BCUT2D eigenvalue weighted by Crippen LogP contribution is 2.00. The van der Waals surface area contributed by atoms with E-state index >= 15 is 0 Å². The fourth-order valence-corrected chi connectivity index (χ4v) is 1.28. The van der Waals surface area contributed by atoms with Crippen molar-refractivity contribution in [2.24, 2.45) is 4.99 Å². The molecule has 88 valence electrons. The van der Waals surface area contributed by atoms with Gasteiger partial charge in [0.2, 0.25) is 0 Å². The molecule has 0 aliphatic heterocycles. The van der Waals surface area contributed by atoms with Gasteiger partial charge in [-0.15, -0.1) is 11.6 Å². The Bertz CT molecular complexity index is 205. The molecule has 0 unspecified atom stereocenters. The number of hydrogen-bond acceptors (Lipinski definition) is 3. The normalized spacial score (nSPS) is 11.5. The van der Waals surface area contributed by atoms with Gasteiger partial charge in [-0.3, -0.25) is 9.79 Å². The number of rotatable bonds is 8. The zero-order valence-corrected chi connectivity index (χ0v) is 10.3. The van der Waals surface area contributed by atoms with Crippen molar-refractivity contribution in [1.29, 1.82) is 0 Å². The Hall–Kier alpha value is -0.570. The molecule has 0 aromatic carbocycles. The minimum absolute atomic E-state index is 0.175. The molecule has 3 nitrogen and oxygen atoms in total. The third kappa shape index (κ3) is 8.43. The second-order valence-corrected chi connectivity index (χ2v) is 3.51. The van der Waals surface area contributed by atoms with Crippen LogP contribution < -0.4 is 0 Å². The number of hydrogen-bond donors (Lipinski definition) is 0. The average molecular weight is 234 g/mol. The summed E-state index contributed by atoms with van der Waals surface area (Å²) in [4.78, 5) is 15.4. The second kappa shape index (κ2) is 9.97. The van der Waals surface area contributed by atoms with E-state index in [2.05, 4.69) is 11.9 Å². The Kier molecular flexibility index (Phi) is 9.59. The summed E-state index contributed by atoms with van der Waals surface area (Å²) in [5, 5.41) is 0. The maximum Gasteiger partial charge on any atom is 0.306 e. The fraction of sp³-hybridized carbons (Fsp3) is 0.818. The number of alkyl halides is 1. The van der Waals surface area contributed by atoms with Crippen LogP contribution in [0.4, 0.5) is 0 Å². The molecular weight excluding hydrogens is 214 g/mol. The van der Waals surface area contributed by atoms with Crippen molar-refractivity contribution in [2.45, 2.75) is 39.5 Å². The lowest BCUT2D eigenvalue weighted by molar-refractivity contribution is -0.142. The molecule has 0 aromatic rings. The van der Waals surface area contributed by atoms with E-state index < -0.39 is 0 Å². The number of ether oxygens (including phenoxy) is 1. The van der Waals surface area contributed by atoms with Crippen LogP contribution in [-0.4, -0.2) is 30.7 Å². The van der Waals surface area contributed by atoms with Gasteiger partial charge in [0.1, 0.15) is 0 Å². The van der Waals surface area contributed by atoms with Gasteiger partial charge < -0.3 is 4.74 Å². The summed E-state index contributed by atoms with van der Waals surface area (Å²) in [5.41, 5.74) is 0.901. The molecule has 15 heavy (non-hydrogen) atoms. The second-order valence-electron chi connectivity index (χ2n) is 3.24. The van der Waals surface area contributed by atoms with Crippen molar-refractivity contribution in [2.75, 3.05) is 19.0 Å². The number of esters is 1. The molecule has 0 radical (unpaired) electrons. The van der Waals surface area contributed by atoms with Gasteiger partial charge in [0, 0.05) is 12.3 Å². The first-order valence-corrected chi connectivity index (χ1v) is 6.01. The van der Waals surface area contributed by atoms with E-state index in [0.717, 1.165) is 25.1 Å². The van der Waals surface area contributed by atoms with Crippen molar-refractivity contribution in [3.05, 3.63) is 0 Å². The Morgan fingerprint density at radius 2 is 2.07 bits per heavy atom. The van der Waals surface area contributed by atoms with Gasteiger partial charge >= 0.3 is 5.97 Å². The van der Waals surface area contributed by atoms with Crippen molar-refractivity contribution in [1.82, 2.24) is 0 Å². The van der Waals surface area contributed by atoms with Crippen molar-refractivity contribution < 1.29 is 9.53 Å². The van der Waals surface area contributed by atoms with Crippen LogP contribution in [0.15, 0.2) is 4.99 Å². The van der Waals surface area contributed by atoms with E-state index in [0.29, 0.717) is 25.3 Å². The summed E-state index contributed by atoms with van der Waals surface area (Å²) in [5.74, 6) is 0.231. The molecule has 0 bridgehead atoms. The lowest BCUT2D eigenvalue weighted by atomic mass is 10.2. The number of halogens is 1. The molecule has 0 saturated heterocycles. The Morgan fingerprint density at radius 3 is 2.60 bits per heavy atom. The van der Waals surface area contributed by atoms with Crippen LogP contribution in [0.5, 0.6) is 0 Å². The number of unbranched alkanes of at least 4 members (excludes halogenated alkanes) is 1. The summed E-state index contributed by atoms with van der Waals surface area (Å²) in [6.45, 7) is 5.16. The Labute approximate surface area is 96.9 Å². The van der Waals surface area contributed by atoms with E-state index in [1.165, 1.54) is 0 Å². The first kappa shape index (κ1) is 14.4. The Morgan fingerprint density at radius 1 is 1.33 bits per heavy atom. The predicted molar refractivity (Wildman–Crippen MR) is 63.8 cm³/mol. The standard InChI is InChI=1S/C11H20ClNO2/c1-3-5-8-13-10(9-12)6-7-11(14)15-4-2/h3-9H2,1-2H3. The number of nitrogens with zero attached hydrogens (tertiary/aromatic N) is 1. The highest BCUT2D eigenvalue weighted by Gasteiger charge is 2.04. The maximum absolute atomic E-state index is 11.1. The largest absolute Gasteiger partial charge is 0.466 e. The van der Waals surface area contributed by atoms with Gasteiger partial charge in [-0.25, -0.2) is 0 Å². The van der Waals surface area contributed by atoms with Crippen LogP contribution >= 0.6 is 11.6 Å². The van der Waals surface area contributed by atoms with E-state index in [1.807, 2.05) is 0 Å². The van der Waals surface area contributed by atoms with Crippen LogP contribution in [0.1, 0.15) is 39.5 Å². The minimum Gasteiger partial charge on any atom is -0.466 e. The first-order valence-electron chi connectivity index (χ1n) is 5.48. The van der Waals surface area contributed by atoms with Crippen LogP contribution in [0.3, 0.4) is 0 Å². The van der Waals surface area contributed by atoms with Gasteiger partial charge in [-0.2, -0.15) is 0 Å². The van der Waals surface area contributed by atoms with E-state index in [4.69, 9.17) is 16.3 Å². The van der Waals surface area contributed by atoms with Crippen LogP contribution in [0.2, 0.25) is 0 Å². The van der Waals surface area contributed by atoms with Crippen molar-refractivity contribution in [3.8, 4) is 0 Å². The molecule has 0 rings (SSSR count). The number of carbonyl (C=O) groups is 1. The molecule has 0 saturated carbocycles. The molecular formula is C11H20ClNO2. The summed E-state index contributed by atoms with van der Waals surface area (Å²) >= 11 is 5.72. The smallest absolute Gasteiger partial charge is 0.306 e. The zero-order chi connectivity index (χ0) is 11.5. The van der Waals surface area contributed by atoms with Gasteiger partial charge in [0.15, 0.2) is 0 Å². The molecule has 0 heterocycles. The van der Waals surface area contributed by atoms with Gasteiger partial charge in [0.25, 0.3) is 0 Å². The molecule has 0 aliphatic rings. The molecule has 0 spiro atoms. The lowest BCUT2D eigenvalue weighted by Crippen LogP contribution is -2.09. The van der Waals surface area contributed by atoms with Gasteiger partial charge in [-0.05, 0) is 19.8 Å². The van der Waals surface area contributed by atoms with Crippen molar-refractivity contribution in [3.63, 3.8) is 0 Å². The molecule has 0 fully saturated rings. The highest BCUT2D eigenvalue weighted by molar-refractivity contribution is 6.28. The zero-order valence-electron chi connectivity index (χ0n) is 9.59. The third-order valence-electron chi connectivity index (χ3n) is 1.92. The van der Waals surface area contributed by atoms with Crippen molar-refractivity contribution >= 4 is 23.3 Å². The number of carbonyl (C=O) groups excluding carboxylic acids is 1. The first-order chi connectivity index (χ1) is 7.24. The topological polar surface area (TPSA) is 38.7 Å². The fourth-order valence-electron chi connectivity index (χ4n) is 1.06. The maximum atomic E-state index is 11.1. The monoisotopic (exact) mass is 233 g/mol. The minimum atomic E-state index is -0.175.